The first-order chi connectivity index (χ1) is 9.93. The molecule has 0 radical (unpaired) electrons. The van der Waals surface area contributed by atoms with E-state index in [-0.39, 0.29) is 16.8 Å². The molecule has 1 saturated heterocycles. The number of amides is 1. The molecule has 1 heterocycles. The molecule has 1 aromatic rings. The van der Waals surface area contributed by atoms with Gasteiger partial charge >= 0.3 is 0 Å². The molecule has 0 bridgehead atoms. The number of carbonyl (C=O) groups is 1. The van der Waals surface area contributed by atoms with Gasteiger partial charge in [0.1, 0.15) is 0 Å². The molecule has 1 fully saturated rings. The molecular weight excluding hydrogens is 290 g/mol. The van der Waals surface area contributed by atoms with Crippen molar-refractivity contribution >= 4 is 21.6 Å². The second-order valence-corrected chi connectivity index (χ2v) is 7.11. The molecule has 3 N–H and O–H groups in total. The van der Waals surface area contributed by atoms with Crippen LogP contribution in [0.3, 0.4) is 0 Å². The van der Waals surface area contributed by atoms with Gasteiger partial charge in [0.2, 0.25) is 15.9 Å². The maximum absolute atomic E-state index is 12.5. The van der Waals surface area contributed by atoms with E-state index < -0.39 is 10.0 Å². The van der Waals surface area contributed by atoms with Gasteiger partial charge in [-0.15, -0.1) is 0 Å². The van der Waals surface area contributed by atoms with Crippen molar-refractivity contribution in [3.8, 4) is 0 Å². The van der Waals surface area contributed by atoms with Gasteiger partial charge in [-0.05, 0) is 37.1 Å². The van der Waals surface area contributed by atoms with Crippen LogP contribution >= 0.6 is 0 Å². The van der Waals surface area contributed by atoms with E-state index in [1.54, 1.807) is 19.1 Å². The summed E-state index contributed by atoms with van der Waals surface area (Å²) in [4.78, 5) is 11.6. The molecule has 1 aromatic carbocycles. The van der Waals surface area contributed by atoms with Gasteiger partial charge in [0, 0.05) is 31.2 Å². The van der Waals surface area contributed by atoms with E-state index in [4.69, 9.17) is 5.73 Å². The van der Waals surface area contributed by atoms with Crippen LogP contribution in [0.15, 0.2) is 29.2 Å². The van der Waals surface area contributed by atoms with E-state index in [1.165, 1.54) is 16.4 Å². The first-order valence-electron chi connectivity index (χ1n) is 7.08. The molecule has 0 unspecified atom stereocenters. The number of nitrogen functional groups attached to an aromatic ring is 1. The largest absolute Gasteiger partial charge is 0.399 e. The van der Waals surface area contributed by atoms with Crippen LogP contribution in [0.1, 0.15) is 26.2 Å². The Kier molecular flexibility index (Phi) is 4.84. The molecule has 1 amide bonds. The van der Waals surface area contributed by atoms with Crippen molar-refractivity contribution < 1.29 is 13.2 Å². The van der Waals surface area contributed by atoms with Crippen LogP contribution in [-0.2, 0) is 14.8 Å². The minimum Gasteiger partial charge on any atom is -0.399 e. The van der Waals surface area contributed by atoms with E-state index in [1.807, 2.05) is 0 Å². The lowest BCUT2D eigenvalue weighted by atomic mass is 10.1. The Morgan fingerprint density at radius 3 is 2.38 bits per heavy atom. The van der Waals surface area contributed by atoms with Crippen LogP contribution in [0.25, 0.3) is 0 Å². The van der Waals surface area contributed by atoms with Crippen molar-refractivity contribution in [1.82, 2.24) is 9.62 Å². The summed E-state index contributed by atoms with van der Waals surface area (Å²) in [5.41, 5.74) is 6.11. The van der Waals surface area contributed by atoms with E-state index in [0.29, 0.717) is 38.0 Å². The number of sulfonamides is 1. The summed E-state index contributed by atoms with van der Waals surface area (Å²) in [6, 6.07) is 6.28. The summed E-state index contributed by atoms with van der Waals surface area (Å²) in [6.07, 6.45) is 1.73. The molecule has 0 spiro atoms. The van der Waals surface area contributed by atoms with Gasteiger partial charge in [0.25, 0.3) is 0 Å². The van der Waals surface area contributed by atoms with Gasteiger partial charge < -0.3 is 11.1 Å². The molecule has 1 aliphatic heterocycles. The SMILES string of the molecule is CCC(=O)NC1CCN(S(=O)(=O)c2ccc(N)cc2)CC1. The van der Waals surface area contributed by atoms with Crippen LogP contribution in [-0.4, -0.2) is 37.8 Å². The van der Waals surface area contributed by atoms with Crippen molar-refractivity contribution in [3.05, 3.63) is 24.3 Å². The van der Waals surface area contributed by atoms with Gasteiger partial charge in [-0.25, -0.2) is 8.42 Å². The first kappa shape index (κ1) is 15.8. The molecule has 21 heavy (non-hydrogen) atoms. The molecule has 0 aliphatic carbocycles. The number of nitrogens with two attached hydrogens (primary N) is 1. The van der Waals surface area contributed by atoms with Gasteiger partial charge in [-0.1, -0.05) is 6.92 Å². The lowest BCUT2D eigenvalue weighted by molar-refractivity contribution is -0.121. The highest BCUT2D eigenvalue weighted by molar-refractivity contribution is 7.89. The summed E-state index contributed by atoms with van der Waals surface area (Å²) < 4.78 is 26.4. The Balaban J connectivity index is 2.01. The zero-order valence-corrected chi connectivity index (χ0v) is 12.9. The van der Waals surface area contributed by atoms with Crippen molar-refractivity contribution in [1.29, 1.82) is 0 Å². The van der Waals surface area contributed by atoms with E-state index in [2.05, 4.69) is 5.32 Å². The number of anilines is 1. The Bertz CT molecular complexity index is 590. The van der Waals surface area contributed by atoms with Crippen LogP contribution in [0.2, 0.25) is 0 Å². The quantitative estimate of drug-likeness (QED) is 0.810. The average Bonchev–Trinajstić information content (AvgIpc) is 2.48. The number of rotatable bonds is 4. The molecule has 0 aromatic heterocycles. The van der Waals surface area contributed by atoms with E-state index in [0.717, 1.165) is 0 Å². The number of piperidine rings is 1. The molecule has 116 valence electrons. The Hall–Kier alpha value is -1.60. The maximum Gasteiger partial charge on any atom is 0.243 e. The van der Waals surface area contributed by atoms with Crippen LogP contribution in [0.4, 0.5) is 5.69 Å². The fourth-order valence-electron chi connectivity index (χ4n) is 2.36. The fraction of sp³-hybridized carbons (Fsp3) is 0.500. The summed E-state index contributed by atoms with van der Waals surface area (Å²) >= 11 is 0. The molecule has 0 atom stereocenters. The van der Waals surface area contributed by atoms with Crippen LogP contribution < -0.4 is 11.1 Å². The highest BCUT2D eigenvalue weighted by atomic mass is 32.2. The normalized spacial score (nSPS) is 17.6. The summed E-state index contributed by atoms with van der Waals surface area (Å²) in [5.74, 6) is 0.00911. The standard InChI is InChI=1S/C14H21N3O3S/c1-2-14(18)16-12-7-9-17(10-8-12)21(19,20)13-5-3-11(15)4-6-13/h3-6,12H,2,7-10,15H2,1H3,(H,16,18). The smallest absolute Gasteiger partial charge is 0.243 e. The minimum absolute atomic E-state index is 0.00911. The van der Waals surface area contributed by atoms with E-state index >= 15 is 0 Å². The fourth-order valence-corrected chi connectivity index (χ4v) is 3.83. The maximum atomic E-state index is 12.5. The summed E-state index contributed by atoms with van der Waals surface area (Å²) in [5, 5.41) is 2.91. The van der Waals surface area contributed by atoms with E-state index in [9.17, 15) is 13.2 Å². The van der Waals surface area contributed by atoms with Gasteiger partial charge in [0.05, 0.1) is 4.90 Å². The lowest BCUT2D eigenvalue weighted by Gasteiger charge is -2.31. The number of benzene rings is 1. The predicted molar refractivity (Wildman–Crippen MR) is 81.1 cm³/mol. The van der Waals surface area contributed by atoms with Gasteiger partial charge in [0.15, 0.2) is 0 Å². The zero-order valence-electron chi connectivity index (χ0n) is 12.1. The van der Waals surface area contributed by atoms with Crippen molar-refractivity contribution in [2.45, 2.75) is 37.1 Å². The Morgan fingerprint density at radius 2 is 1.86 bits per heavy atom. The third kappa shape index (κ3) is 3.74. The van der Waals surface area contributed by atoms with Crippen LogP contribution in [0, 0.1) is 0 Å². The van der Waals surface area contributed by atoms with Crippen molar-refractivity contribution in [2.75, 3.05) is 18.8 Å². The predicted octanol–water partition coefficient (Wildman–Crippen LogP) is 0.948. The Morgan fingerprint density at radius 1 is 1.29 bits per heavy atom. The monoisotopic (exact) mass is 311 g/mol. The summed E-state index contributed by atoms with van der Waals surface area (Å²) in [6.45, 7) is 2.64. The number of nitrogens with zero attached hydrogens (tertiary/aromatic N) is 1. The third-order valence-corrected chi connectivity index (χ3v) is 5.57. The minimum atomic E-state index is -3.47. The molecule has 1 aliphatic rings. The van der Waals surface area contributed by atoms with Crippen molar-refractivity contribution in [3.63, 3.8) is 0 Å². The molecule has 0 saturated carbocycles. The molecular formula is C14H21N3O3S. The highest BCUT2D eigenvalue weighted by Crippen LogP contribution is 2.21. The van der Waals surface area contributed by atoms with Gasteiger partial charge in [-0.3, -0.25) is 4.79 Å². The second-order valence-electron chi connectivity index (χ2n) is 5.17. The molecule has 7 heteroatoms. The number of nitrogens with one attached hydrogen (secondary N) is 1. The first-order valence-corrected chi connectivity index (χ1v) is 8.52. The number of hydrogen-bond donors (Lipinski definition) is 2. The summed E-state index contributed by atoms with van der Waals surface area (Å²) in [7, 11) is -3.47. The number of carbonyl (C=O) groups excluding carboxylic acids is 1. The topological polar surface area (TPSA) is 92.5 Å². The average molecular weight is 311 g/mol. The third-order valence-electron chi connectivity index (χ3n) is 3.66. The van der Waals surface area contributed by atoms with Crippen molar-refractivity contribution in [2.24, 2.45) is 0 Å². The van der Waals surface area contributed by atoms with Gasteiger partial charge in [-0.2, -0.15) is 4.31 Å². The lowest BCUT2D eigenvalue weighted by Crippen LogP contribution is -2.46. The van der Waals surface area contributed by atoms with Crippen LogP contribution in [0.5, 0.6) is 0 Å². The number of hydrogen-bond acceptors (Lipinski definition) is 4. The molecule has 2 rings (SSSR count). The zero-order chi connectivity index (χ0) is 15.5. The highest BCUT2D eigenvalue weighted by Gasteiger charge is 2.29. The Labute approximate surface area is 125 Å². The second kappa shape index (κ2) is 6.44. The molecule has 6 nitrogen and oxygen atoms in total.